The average Bonchev–Trinajstić information content (AvgIpc) is 3.07. The SMILES string of the molecule is CCc1cc(C(=O)OC)c(NC(=S)NNC(=O)c2ccc([N+](=O)[O-])c(C)c2)s1. The van der Waals surface area contributed by atoms with Crippen molar-refractivity contribution in [3.63, 3.8) is 0 Å². The summed E-state index contributed by atoms with van der Waals surface area (Å²) >= 11 is 6.49. The maximum Gasteiger partial charge on any atom is 0.340 e. The fraction of sp³-hybridized carbons (Fsp3) is 0.235. The molecular formula is C17H18N4O5S2. The molecule has 1 aromatic heterocycles. The van der Waals surface area contributed by atoms with E-state index in [-0.39, 0.29) is 16.4 Å². The second-order valence-corrected chi connectivity index (χ2v) is 7.14. The van der Waals surface area contributed by atoms with Crippen molar-refractivity contribution in [2.75, 3.05) is 12.4 Å². The first-order chi connectivity index (χ1) is 13.3. The Morgan fingerprint density at radius 3 is 2.57 bits per heavy atom. The number of nitrogens with zero attached hydrogens (tertiary/aromatic N) is 1. The predicted octanol–water partition coefficient (Wildman–Crippen LogP) is 2.95. The van der Waals surface area contributed by atoms with E-state index in [0.29, 0.717) is 16.1 Å². The van der Waals surface area contributed by atoms with E-state index in [2.05, 4.69) is 16.2 Å². The van der Waals surface area contributed by atoms with Crippen molar-refractivity contribution < 1.29 is 19.2 Å². The Bertz CT molecular complexity index is 942. The van der Waals surface area contributed by atoms with E-state index in [9.17, 15) is 19.7 Å². The Morgan fingerprint density at radius 1 is 1.29 bits per heavy atom. The van der Waals surface area contributed by atoms with Gasteiger partial charge in [0.05, 0.1) is 17.6 Å². The number of aryl methyl sites for hydroxylation is 2. The molecule has 2 aromatic rings. The van der Waals surface area contributed by atoms with Crippen molar-refractivity contribution in [1.82, 2.24) is 10.9 Å². The maximum atomic E-state index is 12.2. The number of thiophene rings is 1. The number of rotatable bonds is 5. The van der Waals surface area contributed by atoms with Crippen molar-refractivity contribution in [3.8, 4) is 0 Å². The van der Waals surface area contributed by atoms with Crippen LogP contribution in [0.25, 0.3) is 0 Å². The summed E-state index contributed by atoms with van der Waals surface area (Å²) in [7, 11) is 1.29. The number of carbonyl (C=O) groups is 2. The normalized spacial score (nSPS) is 10.1. The smallest absolute Gasteiger partial charge is 0.340 e. The predicted molar refractivity (Wildman–Crippen MR) is 110 cm³/mol. The van der Waals surface area contributed by atoms with Gasteiger partial charge in [-0.1, -0.05) is 6.92 Å². The number of hydrogen-bond donors (Lipinski definition) is 3. The zero-order chi connectivity index (χ0) is 20.8. The highest BCUT2D eigenvalue weighted by Gasteiger charge is 2.18. The first-order valence-corrected chi connectivity index (χ1v) is 9.32. The molecule has 0 aliphatic rings. The molecule has 148 valence electrons. The molecule has 0 aliphatic carbocycles. The van der Waals surface area contributed by atoms with Crippen LogP contribution in [0.15, 0.2) is 24.3 Å². The zero-order valence-corrected chi connectivity index (χ0v) is 17.0. The summed E-state index contributed by atoms with van der Waals surface area (Å²) in [5.41, 5.74) is 5.83. The minimum absolute atomic E-state index is 0.0681. The summed E-state index contributed by atoms with van der Waals surface area (Å²) in [6.45, 7) is 3.50. The number of amides is 1. The van der Waals surface area contributed by atoms with Gasteiger partial charge >= 0.3 is 5.97 Å². The summed E-state index contributed by atoms with van der Waals surface area (Å²) in [5.74, 6) is -1.01. The molecule has 0 aliphatic heterocycles. The molecule has 3 N–H and O–H groups in total. The van der Waals surface area contributed by atoms with Crippen molar-refractivity contribution in [3.05, 3.63) is 55.9 Å². The van der Waals surface area contributed by atoms with Crippen molar-refractivity contribution in [1.29, 1.82) is 0 Å². The van der Waals surface area contributed by atoms with Crippen molar-refractivity contribution >= 4 is 51.2 Å². The van der Waals surface area contributed by atoms with Crippen LogP contribution < -0.4 is 16.2 Å². The highest BCUT2D eigenvalue weighted by Crippen LogP contribution is 2.29. The van der Waals surface area contributed by atoms with Crippen LogP contribution in [0.5, 0.6) is 0 Å². The number of nitro groups is 1. The molecule has 0 spiro atoms. The lowest BCUT2D eigenvalue weighted by molar-refractivity contribution is -0.385. The number of ether oxygens (including phenoxy) is 1. The average molecular weight is 422 g/mol. The van der Waals surface area contributed by atoms with Crippen LogP contribution in [0.1, 0.15) is 38.1 Å². The van der Waals surface area contributed by atoms with Gasteiger partial charge in [0, 0.05) is 22.1 Å². The first-order valence-electron chi connectivity index (χ1n) is 8.10. The van der Waals surface area contributed by atoms with E-state index in [1.807, 2.05) is 6.92 Å². The topological polar surface area (TPSA) is 123 Å². The lowest BCUT2D eigenvalue weighted by Crippen LogP contribution is -2.43. The lowest BCUT2D eigenvalue weighted by atomic mass is 10.1. The molecule has 1 amide bonds. The standard InChI is InChI=1S/C17H18N4O5S2/c1-4-11-8-12(16(23)26-3)15(28-11)18-17(27)20-19-14(22)10-5-6-13(21(24)25)9(2)7-10/h5-8H,4H2,1-3H3,(H,19,22)(H2,18,20,27). The Labute approximate surface area is 170 Å². The Hall–Kier alpha value is -3.05. The Morgan fingerprint density at radius 2 is 2.00 bits per heavy atom. The quantitative estimate of drug-likeness (QED) is 0.291. The number of carbonyl (C=O) groups excluding carboxylic acids is 2. The zero-order valence-electron chi connectivity index (χ0n) is 15.3. The van der Waals surface area contributed by atoms with E-state index in [1.54, 1.807) is 13.0 Å². The van der Waals surface area contributed by atoms with Crippen LogP contribution in [-0.4, -0.2) is 29.0 Å². The van der Waals surface area contributed by atoms with Crippen LogP contribution in [0, 0.1) is 17.0 Å². The van der Waals surface area contributed by atoms with E-state index in [0.717, 1.165) is 11.3 Å². The maximum absolute atomic E-state index is 12.2. The second kappa shape index (κ2) is 9.24. The number of nitro benzene ring substituents is 1. The van der Waals surface area contributed by atoms with Gasteiger partial charge in [-0.15, -0.1) is 11.3 Å². The summed E-state index contributed by atoms with van der Waals surface area (Å²) in [6, 6.07) is 5.75. The number of thiocarbonyl (C=S) groups is 1. The van der Waals surface area contributed by atoms with Crippen LogP contribution in [0.4, 0.5) is 10.7 Å². The van der Waals surface area contributed by atoms with E-state index in [4.69, 9.17) is 17.0 Å². The van der Waals surface area contributed by atoms with Gasteiger partial charge in [0.15, 0.2) is 5.11 Å². The van der Waals surface area contributed by atoms with Gasteiger partial charge in [-0.25, -0.2) is 4.79 Å². The molecule has 0 saturated heterocycles. The molecule has 11 heteroatoms. The number of methoxy groups -OCH3 is 1. The molecule has 2 rings (SSSR count). The van der Waals surface area contributed by atoms with Gasteiger partial charge in [0.2, 0.25) is 0 Å². The number of nitrogens with one attached hydrogen (secondary N) is 3. The van der Waals surface area contributed by atoms with Gasteiger partial charge in [0.1, 0.15) is 5.00 Å². The fourth-order valence-electron chi connectivity index (χ4n) is 2.29. The van der Waals surface area contributed by atoms with Crippen LogP contribution in [-0.2, 0) is 11.2 Å². The monoisotopic (exact) mass is 422 g/mol. The molecule has 1 aromatic carbocycles. The minimum Gasteiger partial charge on any atom is -0.465 e. The number of esters is 1. The number of hydrogen-bond acceptors (Lipinski definition) is 7. The van der Waals surface area contributed by atoms with E-state index in [1.165, 1.54) is 36.6 Å². The Balaban J connectivity index is 2.02. The molecule has 0 unspecified atom stereocenters. The highest BCUT2D eigenvalue weighted by atomic mass is 32.1. The molecule has 0 bridgehead atoms. The first kappa shape index (κ1) is 21.3. The van der Waals surface area contributed by atoms with Crippen LogP contribution in [0.2, 0.25) is 0 Å². The molecular weight excluding hydrogens is 404 g/mol. The molecule has 9 nitrogen and oxygen atoms in total. The van der Waals surface area contributed by atoms with Crippen LogP contribution in [0.3, 0.4) is 0 Å². The van der Waals surface area contributed by atoms with Crippen molar-refractivity contribution in [2.24, 2.45) is 0 Å². The Kier molecular flexibility index (Phi) is 7.01. The van der Waals surface area contributed by atoms with E-state index < -0.39 is 16.8 Å². The summed E-state index contributed by atoms with van der Waals surface area (Å²) in [4.78, 5) is 35.4. The molecule has 1 heterocycles. The third-order valence-corrected chi connectivity index (χ3v) is 5.11. The third-order valence-electron chi connectivity index (χ3n) is 3.71. The number of hydrazine groups is 1. The molecule has 0 fully saturated rings. The van der Waals surface area contributed by atoms with Gasteiger partial charge in [-0.05, 0) is 43.8 Å². The minimum atomic E-state index is -0.518. The lowest BCUT2D eigenvalue weighted by Gasteiger charge is -2.11. The van der Waals surface area contributed by atoms with Gasteiger partial charge < -0.3 is 10.1 Å². The summed E-state index contributed by atoms with van der Waals surface area (Å²) in [5, 5.41) is 14.3. The molecule has 0 saturated carbocycles. The number of anilines is 1. The third kappa shape index (κ3) is 5.02. The highest BCUT2D eigenvalue weighted by molar-refractivity contribution is 7.80. The van der Waals surface area contributed by atoms with Gasteiger partial charge in [0.25, 0.3) is 11.6 Å². The second-order valence-electron chi connectivity index (χ2n) is 5.59. The molecule has 28 heavy (non-hydrogen) atoms. The largest absolute Gasteiger partial charge is 0.465 e. The summed E-state index contributed by atoms with van der Waals surface area (Å²) < 4.78 is 4.76. The number of benzene rings is 1. The van der Waals surface area contributed by atoms with Crippen molar-refractivity contribution in [2.45, 2.75) is 20.3 Å². The van der Waals surface area contributed by atoms with Gasteiger partial charge in [-0.2, -0.15) is 0 Å². The fourth-order valence-corrected chi connectivity index (χ4v) is 3.50. The van der Waals surface area contributed by atoms with Gasteiger partial charge in [-0.3, -0.25) is 25.8 Å². The van der Waals surface area contributed by atoms with Crippen LogP contribution >= 0.6 is 23.6 Å². The molecule has 0 atom stereocenters. The molecule has 0 radical (unpaired) electrons. The van der Waals surface area contributed by atoms with E-state index >= 15 is 0 Å². The summed E-state index contributed by atoms with van der Waals surface area (Å²) in [6.07, 6.45) is 0.743.